The monoisotopic (exact) mass is 377 g/mol. The molecule has 0 saturated heterocycles. The van der Waals surface area contributed by atoms with Gasteiger partial charge in [-0.2, -0.15) is 9.13 Å². The van der Waals surface area contributed by atoms with Gasteiger partial charge in [0, 0.05) is 30.5 Å². The van der Waals surface area contributed by atoms with E-state index in [0.717, 1.165) is 16.9 Å². The van der Waals surface area contributed by atoms with Crippen LogP contribution in [0.3, 0.4) is 0 Å². The van der Waals surface area contributed by atoms with E-state index in [2.05, 4.69) is 10.6 Å². The lowest BCUT2D eigenvalue weighted by Crippen LogP contribution is -3.00. The summed E-state index contributed by atoms with van der Waals surface area (Å²) in [4.78, 5) is 0. The van der Waals surface area contributed by atoms with Gasteiger partial charge >= 0.3 is 11.4 Å². The molecule has 6 heteroatoms. The molecule has 0 fully saturated rings. The summed E-state index contributed by atoms with van der Waals surface area (Å²) in [5.41, 5.74) is 3.09. The number of hydrogen-bond donors (Lipinski definition) is 0. The van der Waals surface area contributed by atoms with Crippen molar-refractivity contribution >= 4 is 17.1 Å². The lowest BCUT2D eigenvalue weighted by molar-refractivity contribution is -0.631. The van der Waals surface area contributed by atoms with Crippen LogP contribution in [-0.2, 0) is 0 Å². The van der Waals surface area contributed by atoms with Crippen LogP contribution in [0.2, 0.25) is 5.15 Å². The second kappa shape index (κ2) is 7.67. The van der Waals surface area contributed by atoms with Gasteiger partial charge in [0.1, 0.15) is 5.52 Å². The van der Waals surface area contributed by atoms with Crippen LogP contribution in [0, 0.1) is 0 Å². The second-order valence-corrected chi connectivity index (χ2v) is 5.37. The molecule has 0 unspecified atom stereocenters. The highest BCUT2D eigenvalue weighted by molar-refractivity contribution is 6.32. The summed E-state index contributed by atoms with van der Waals surface area (Å²) >= 11 is 6.68. The number of hydrogen-bond acceptors (Lipinski definition) is 0. The lowest BCUT2D eigenvalue weighted by Gasteiger charge is -1.95. The van der Waals surface area contributed by atoms with Gasteiger partial charge in [-0.15, -0.1) is 0 Å². The van der Waals surface area contributed by atoms with E-state index in [1.165, 1.54) is 0 Å². The zero-order chi connectivity index (χ0) is 14.9. The van der Waals surface area contributed by atoms with Gasteiger partial charge in [0.15, 0.2) is 29.9 Å². The van der Waals surface area contributed by atoms with E-state index in [9.17, 15) is 0 Å². The van der Waals surface area contributed by atoms with Crippen molar-refractivity contribution in [3.05, 3.63) is 90.7 Å². The largest absolute Gasteiger partial charge is 1.00 e. The highest BCUT2D eigenvalue weighted by Crippen LogP contribution is 2.27. The van der Waals surface area contributed by atoms with Crippen LogP contribution in [0.25, 0.3) is 16.9 Å². The summed E-state index contributed by atoms with van der Waals surface area (Å²) in [5.74, 6) is 0. The van der Waals surface area contributed by atoms with E-state index in [4.69, 9.17) is 11.6 Å². The Balaban J connectivity index is 0.00000104. The Kier molecular flexibility index (Phi) is 5.84. The maximum absolute atomic E-state index is 6.68. The fourth-order valence-corrected chi connectivity index (χ4v) is 3.05. The molecule has 24 heavy (non-hydrogen) atoms. The van der Waals surface area contributed by atoms with Crippen molar-refractivity contribution in [2.45, 2.75) is 0 Å². The number of rotatable bonds is 2. The summed E-state index contributed by atoms with van der Waals surface area (Å²) in [6, 6.07) is 18.1. The molecule has 0 spiro atoms. The Bertz CT molecular complexity index is 938. The summed E-state index contributed by atoms with van der Waals surface area (Å²) in [6.07, 6.45) is 10.1. The van der Waals surface area contributed by atoms with Crippen molar-refractivity contribution in [1.82, 2.24) is 4.40 Å². The van der Waals surface area contributed by atoms with Gasteiger partial charge in [0.2, 0.25) is 0 Å². The molecule has 0 bridgehead atoms. The fourth-order valence-electron chi connectivity index (χ4n) is 2.72. The van der Waals surface area contributed by atoms with Gasteiger partial charge < -0.3 is 24.8 Å². The van der Waals surface area contributed by atoms with E-state index in [-0.39, 0.29) is 24.8 Å². The van der Waals surface area contributed by atoms with Crippen LogP contribution < -0.4 is 33.9 Å². The zero-order valence-corrected chi connectivity index (χ0v) is 14.8. The smallest absolute Gasteiger partial charge is 0.321 e. The Morgan fingerprint density at radius 2 is 1.21 bits per heavy atom. The van der Waals surface area contributed by atoms with Gasteiger partial charge in [-0.05, 0) is 12.1 Å². The molecule has 0 aromatic carbocycles. The van der Waals surface area contributed by atoms with Gasteiger partial charge in [0.25, 0.3) is 0 Å². The fraction of sp³-hybridized carbons (Fsp3) is 0. The first-order chi connectivity index (χ1) is 10.9. The van der Waals surface area contributed by atoms with Gasteiger partial charge in [-0.25, -0.2) is 0 Å². The molecule has 0 saturated carbocycles. The van der Waals surface area contributed by atoms with Gasteiger partial charge in [-0.3, -0.25) is 4.40 Å². The molecule has 4 rings (SSSR count). The molecule has 4 aromatic rings. The molecule has 0 amide bonds. The SMILES string of the molecule is Clc1c(-[n+]2ccccc2)c(-[n+]2ccccc2)c2ccccn12.[Cl-].[Cl-]. The van der Waals surface area contributed by atoms with Crippen molar-refractivity contribution in [2.75, 3.05) is 0 Å². The van der Waals surface area contributed by atoms with Crippen LogP contribution in [0.1, 0.15) is 0 Å². The molecule has 0 N–H and O–H groups in total. The third kappa shape index (κ3) is 2.98. The summed E-state index contributed by atoms with van der Waals surface area (Å²) < 4.78 is 6.15. The van der Waals surface area contributed by atoms with E-state index < -0.39 is 0 Å². The van der Waals surface area contributed by atoms with E-state index in [1.807, 2.05) is 88.5 Å². The normalized spacial score (nSPS) is 10.0. The molecule has 3 nitrogen and oxygen atoms in total. The molecular weight excluding hydrogens is 365 g/mol. The molecule has 0 aliphatic carbocycles. The van der Waals surface area contributed by atoms with Crippen LogP contribution in [0.4, 0.5) is 0 Å². The summed E-state index contributed by atoms with van der Waals surface area (Å²) in [5, 5.41) is 0.693. The minimum absolute atomic E-state index is 0. The topological polar surface area (TPSA) is 12.2 Å². The van der Waals surface area contributed by atoms with Crippen LogP contribution in [-0.4, -0.2) is 4.40 Å². The number of pyridine rings is 3. The van der Waals surface area contributed by atoms with E-state index in [0.29, 0.717) is 5.15 Å². The van der Waals surface area contributed by atoms with Crippen molar-refractivity contribution in [1.29, 1.82) is 0 Å². The first-order valence-electron chi connectivity index (χ1n) is 7.08. The molecule has 4 aromatic heterocycles. The molecular formula is C18H14Cl3N3. The third-order valence-electron chi connectivity index (χ3n) is 3.68. The Morgan fingerprint density at radius 1 is 0.667 bits per heavy atom. The number of fused-ring (bicyclic) bond motifs is 1. The second-order valence-electron chi connectivity index (χ2n) is 5.01. The number of nitrogens with zero attached hydrogens (tertiary/aromatic N) is 3. The standard InChI is InChI=1S/C18H14ClN3.2ClH/c19-18-17(21-12-6-2-7-13-21)16(20-10-4-1-5-11-20)15-9-3-8-14-22(15)18;;/h1-14H;2*1H/q+2;;/p-2. The van der Waals surface area contributed by atoms with Crippen LogP contribution in [0.5, 0.6) is 0 Å². The molecule has 122 valence electrons. The van der Waals surface area contributed by atoms with Crippen molar-refractivity contribution in [3.8, 4) is 11.4 Å². The average Bonchev–Trinajstić information content (AvgIpc) is 2.90. The summed E-state index contributed by atoms with van der Waals surface area (Å²) in [7, 11) is 0. The Morgan fingerprint density at radius 3 is 1.79 bits per heavy atom. The first kappa shape index (κ1) is 18.3. The molecule has 0 atom stereocenters. The third-order valence-corrected chi connectivity index (χ3v) is 4.04. The highest BCUT2D eigenvalue weighted by Gasteiger charge is 2.31. The minimum Gasteiger partial charge on any atom is -1.00 e. The Hall–Kier alpha value is -2.07. The zero-order valence-electron chi connectivity index (χ0n) is 12.6. The highest BCUT2D eigenvalue weighted by atomic mass is 35.5. The molecule has 0 aliphatic rings. The van der Waals surface area contributed by atoms with E-state index >= 15 is 0 Å². The average molecular weight is 379 g/mol. The predicted octanol–water partition coefficient (Wildman–Crippen LogP) is -2.85. The number of aromatic nitrogens is 3. The minimum atomic E-state index is 0. The van der Waals surface area contributed by atoms with E-state index in [1.54, 1.807) is 0 Å². The maximum atomic E-state index is 6.68. The van der Waals surface area contributed by atoms with Crippen molar-refractivity contribution < 1.29 is 33.9 Å². The van der Waals surface area contributed by atoms with Crippen molar-refractivity contribution in [3.63, 3.8) is 0 Å². The maximum Gasteiger partial charge on any atom is 0.321 e. The Labute approximate surface area is 157 Å². The number of halogens is 3. The van der Waals surface area contributed by atoms with Crippen molar-refractivity contribution in [2.24, 2.45) is 0 Å². The van der Waals surface area contributed by atoms with Gasteiger partial charge in [0.05, 0.1) is 0 Å². The molecule has 0 radical (unpaired) electrons. The predicted molar refractivity (Wildman–Crippen MR) is 85.5 cm³/mol. The quantitative estimate of drug-likeness (QED) is 0.333. The molecule has 4 heterocycles. The summed E-state index contributed by atoms with van der Waals surface area (Å²) in [6.45, 7) is 0. The molecule has 0 aliphatic heterocycles. The lowest BCUT2D eigenvalue weighted by atomic mass is 10.3. The van der Waals surface area contributed by atoms with Crippen LogP contribution in [0.15, 0.2) is 85.6 Å². The van der Waals surface area contributed by atoms with Crippen LogP contribution >= 0.6 is 11.6 Å². The first-order valence-corrected chi connectivity index (χ1v) is 7.46. The van der Waals surface area contributed by atoms with Gasteiger partial charge in [-0.1, -0.05) is 29.8 Å².